The quantitative estimate of drug-likeness (QED) is 0.606. The fourth-order valence-corrected chi connectivity index (χ4v) is 2.39. The van der Waals surface area contributed by atoms with Crippen molar-refractivity contribution in [3.05, 3.63) is 82.0 Å². The minimum atomic E-state index is -0.391. The number of amides is 1. The van der Waals surface area contributed by atoms with E-state index in [-0.39, 0.29) is 5.57 Å². The van der Waals surface area contributed by atoms with Crippen molar-refractivity contribution in [2.24, 2.45) is 0 Å². The number of nitriles is 1. The van der Waals surface area contributed by atoms with Crippen LogP contribution in [0.3, 0.4) is 0 Å². The van der Waals surface area contributed by atoms with Gasteiger partial charge in [0.1, 0.15) is 11.6 Å². The van der Waals surface area contributed by atoms with Crippen molar-refractivity contribution in [2.75, 3.05) is 0 Å². The van der Waals surface area contributed by atoms with Crippen LogP contribution in [-0.2, 0) is 17.9 Å². The van der Waals surface area contributed by atoms with Crippen LogP contribution in [0.4, 0.5) is 0 Å². The van der Waals surface area contributed by atoms with Crippen LogP contribution in [0.15, 0.2) is 70.8 Å². The summed E-state index contributed by atoms with van der Waals surface area (Å²) < 4.78 is 0.988. The molecule has 5 heteroatoms. The van der Waals surface area contributed by atoms with E-state index in [1.165, 1.54) is 6.20 Å². The molecule has 116 valence electrons. The molecule has 0 aliphatic heterocycles. The molecule has 0 bridgehead atoms. The number of nitrogens with zero attached hydrogens (tertiary/aromatic N) is 1. The molecule has 0 aromatic heterocycles. The molecule has 2 N–H and O–H groups in total. The Balaban J connectivity index is 1.88. The van der Waals surface area contributed by atoms with Gasteiger partial charge in [0.05, 0.1) is 0 Å². The molecule has 2 aromatic carbocycles. The van der Waals surface area contributed by atoms with E-state index in [1.54, 1.807) is 0 Å². The second-order valence-corrected chi connectivity index (χ2v) is 5.76. The van der Waals surface area contributed by atoms with Crippen LogP contribution in [0, 0.1) is 11.3 Å². The summed E-state index contributed by atoms with van der Waals surface area (Å²) in [4.78, 5) is 12.0. The Morgan fingerprint density at radius 1 is 1.09 bits per heavy atom. The zero-order chi connectivity index (χ0) is 16.5. The Hall–Kier alpha value is -2.58. The average Bonchev–Trinajstić information content (AvgIpc) is 2.57. The first-order chi connectivity index (χ1) is 11.2. The Bertz CT molecular complexity index is 735. The van der Waals surface area contributed by atoms with Crippen molar-refractivity contribution < 1.29 is 4.79 Å². The molecule has 0 radical (unpaired) electrons. The van der Waals surface area contributed by atoms with Gasteiger partial charge in [0.15, 0.2) is 0 Å². The summed E-state index contributed by atoms with van der Waals surface area (Å²) in [6.07, 6.45) is 1.45. The van der Waals surface area contributed by atoms with Gasteiger partial charge in [-0.25, -0.2) is 0 Å². The maximum absolute atomic E-state index is 12.0. The van der Waals surface area contributed by atoms with E-state index in [0.29, 0.717) is 13.1 Å². The fraction of sp³-hybridized carbons (Fsp3) is 0.111. The van der Waals surface area contributed by atoms with Crippen LogP contribution >= 0.6 is 15.9 Å². The van der Waals surface area contributed by atoms with Gasteiger partial charge in [-0.1, -0.05) is 58.4 Å². The average molecular weight is 370 g/mol. The highest BCUT2D eigenvalue weighted by atomic mass is 79.9. The Morgan fingerprint density at radius 3 is 2.52 bits per heavy atom. The highest BCUT2D eigenvalue weighted by molar-refractivity contribution is 9.10. The van der Waals surface area contributed by atoms with E-state index < -0.39 is 5.91 Å². The maximum Gasteiger partial charge on any atom is 0.263 e. The molecule has 0 unspecified atom stereocenters. The summed E-state index contributed by atoms with van der Waals surface area (Å²) in [6, 6.07) is 19.3. The van der Waals surface area contributed by atoms with Crippen LogP contribution in [0.1, 0.15) is 11.1 Å². The molecule has 0 fully saturated rings. The second-order valence-electron chi connectivity index (χ2n) is 4.85. The number of halogens is 1. The van der Waals surface area contributed by atoms with Gasteiger partial charge < -0.3 is 10.6 Å². The number of hydrogen-bond acceptors (Lipinski definition) is 3. The second kappa shape index (κ2) is 8.76. The molecule has 0 saturated carbocycles. The van der Waals surface area contributed by atoms with Crippen molar-refractivity contribution in [2.45, 2.75) is 13.1 Å². The minimum absolute atomic E-state index is 0.0518. The van der Waals surface area contributed by atoms with Gasteiger partial charge in [-0.15, -0.1) is 0 Å². The first-order valence-electron chi connectivity index (χ1n) is 7.09. The van der Waals surface area contributed by atoms with Crippen molar-refractivity contribution in [1.82, 2.24) is 10.6 Å². The molecule has 0 atom stereocenters. The van der Waals surface area contributed by atoms with Crippen LogP contribution in [0.25, 0.3) is 0 Å². The van der Waals surface area contributed by atoms with Gasteiger partial charge in [-0.2, -0.15) is 5.26 Å². The smallest absolute Gasteiger partial charge is 0.263 e. The topological polar surface area (TPSA) is 64.9 Å². The monoisotopic (exact) mass is 369 g/mol. The standard InChI is InChI=1S/C18H16BrN3O/c19-17-8-4-7-15(9-17)11-21-13-16(10-20)18(23)22-12-14-5-2-1-3-6-14/h1-9,13,21H,11-12H2,(H,22,23)/b16-13-. The highest BCUT2D eigenvalue weighted by Gasteiger charge is 2.08. The minimum Gasteiger partial charge on any atom is -0.386 e. The van der Waals surface area contributed by atoms with Crippen molar-refractivity contribution >= 4 is 21.8 Å². The predicted octanol–water partition coefficient (Wildman–Crippen LogP) is 3.26. The number of benzene rings is 2. The van der Waals surface area contributed by atoms with E-state index >= 15 is 0 Å². The molecule has 0 spiro atoms. The van der Waals surface area contributed by atoms with E-state index in [9.17, 15) is 4.79 Å². The van der Waals surface area contributed by atoms with Crippen molar-refractivity contribution in [1.29, 1.82) is 5.26 Å². The van der Waals surface area contributed by atoms with Crippen molar-refractivity contribution in [3.8, 4) is 6.07 Å². The lowest BCUT2D eigenvalue weighted by molar-refractivity contribution is -0.117. The summed E-state index contributed by atoms with van der Waals surface area (Å²) in [6.45, 7) is 0.931. The number of carbonyl (C=O) groups is 1. The number of carbonyl (C=O) groups excluding carboxylic acids is 1. The van der Waals surface area contributed by atoms with E-state index in [0.717, 1.165) is 15.6 Å². The lowest BCUT2D eigenvalue weighted by Gasteiger charge is -2.06. The van der Waals surface area contributed by atoms with E-state index in [4.69, 9.17) is 5.26 Å². The molecule has 4 nitrogen and oxygen atoms in total. The van der Waals surface area contributed by atoms with Gasteiger partial charge in [-0.05, 0) is 23.3 Å². The van der Waals surface area contributed by atoms with Crippen molar-refractivity contribution in [3.63, 3.8) is 0 Å². The summed E-state index contributed by atoms with van der Waals surface area (Å²) >= 11 is 3.40. The maximum atomic E-state index is 12.0. The summed E-state index contributed by atoms with van der Waals surface area (Å²) in [5.74, 6) is -0.391. The van der Waals surface area contributed by atoms with Gasteiger partial charge >= 0.3 is 0 Å². The van der Waals surface area contributed by atoms with E-state index in [2.05, 4.69) is 26.6 Å². The third-order valence-electron chi connectivity index (χ3n) is 3.10. The predicted molar refractivity (Wildman–Crippen MR) is 93.0 cm³/mol. The third-order valence-corrected chi connectivity index (χ3v) is 3.60. The molecule has 0 heterocycles. The molecule has 1 amide bonds. The number of nitrogens with one attached hydrogen (secondary N) is 2. The van der Waals surface area contributed by atoms with Crippen LogP contribution in [0.2, 0.25) is 0 Å². The first-order valence-corrected chi connectivity index (χ1v) is 7.88. The summed E-state index contributed by atoms with van der Waals surface area (Å²) in [5.41, 5.74) is 2.09. The highest BCUT2D eigenvalue weighted by Crippen LogP contribution is 2.11. The van der Waals surface area contributed by atoms with Gasteiger partial charge in [0.25, 0.3) is 5.91 Å². The molecular weight excluding hydrogens is 354 g/mol. The zero-order valence-corrected chi connectivity index (χ0v) is 14.0. The van der Waals surface area contributed by atoms with Crippen LogP contribution in [0.5, 0.6) is 0 Å². The fourth-order valence-electron chi connectivity index (χ4n) is 1.94. The Labute approximate surface area is 144 Å². The normalized spacial score (nSPS) is 10.7. The molecule has 0 saturated heterocycles. The first kappa shape index (κ1) is 16.8. The zero-order valence-electron chi connectivity index (χ0n) is 12.4. The Kier molecular flexibility index (Phi) is 6.40. The number of hydrogen-bond donors (Lipinski definition) is 2. The largest absolute Gasteiger partial charge is 0.386 e. The summed E-state index contributed by atoms with van der Waals surface area (Å²) in [7, 11) is 0. The van der Waals surface area contributed by atoms with Gasteiger partial charge in [0, 0.05) is 23.8 Å². The molecule has 2 rings (SSSR count). The van der Waals surface area contributed by atoms with Crippen LogP contribution in [-0.4, -0.2) is 5.91 Å². The molecular formula is C18H16BrN3O. The van der Waals surface area contributed by atoms with E-state index in [1.807, 2.05) is 60.7 Å². The van der Waals surface area contributed by atoms with Gasteiger partial charge in [-0.3, -0.25) is 4.79 Å². The molecule has 2 aromatic rings. The molecule has 0 aliphatic carbocycles. The SMILES string of the molecule is N#C/C(=C/NCc1cccc(Br)c1)C(=O)NCc1ccccc1. The molecule has 0 aliphatic rings. The number of rotatable bonds is 6. The lowest BCUT2D eigenvalue weighted by Crippen LogP contribution is -2.25. The lowest BCUT2D eigenvalue weighted by atomic mass is 10.2. The Morgan fingerprint density at radius 2 is 1.83 bits per heavy atom. The third kappa shape index (κ3) is 5.61. The van der Waals surface area contributed by atoms with Gasteiger partial charge in [0.2, 0.25) is 0 Å². The van der Waals surface area contributed by atoms with Crippen LogP contribution < -0.4 is 10.6 Å². The molecule has 23 heavy (non-hydrogen) atoms. The summed E-state index contributed by atoms with van der Waals surface area (Å²) in [5, 5.41) is 14.8.